The van der Waals surface area contributed by atoms with Crippen LogP contribution in [0.5, 0.6) is 0 Å². The molecule has 0 spiro atoms. The van der Waals surface area contributed by atoms with Gasteiger partial charge in [0.05, 0.1) is 0 Å². The van der Waals surface area contributed by atoms with Crippen molar-refractivity contribution in [2.75, 3.05) is 6.54 Å². The fourth-order valence-electron chi connectivity index (χ4n) is 1.54. The molecule has 1 aromatic heterocycles. The van der Waals surface area contributed by atoms with Crippen LogP contribution in [0.4, 0.5) is 4.39 Å². The summed E-state index contributed by atoms with van der Waals surface area (Å²) in [5, 5.41) is 5.85. The van der Waals surface area contributed by atoms with Crippen LogP contribution in [0.25, 0.3) is 0 Å². The molecular weight excluding hydrogens is 253 g/mol. The third-order valence-corrected chi connectivity index (χ3v) is 2.47. The third-order valence-electron chi connectivity index (χ3n) is 2.47. The summed E-state index contributed by atoms with van der Waals surface area (Å²) in [6, 6.07) is 8.15. The van der Waals surface area contributed by atoms with E-state index in [1.807, 2.05) is 0 Å². The average Bonchev–Trinajstić information content (AvgIpc) is 2.84. The molecule has 0 bridgehead atoms. The number of hydrogen-bond acceptors (Lipinski definition) is 4. The maximum absolute atomic E-state index is 13.8. The fourth-order valence-corrected chi connectivity index (χ4v) is 1.54. The number of rotatable bonds is 5. The Balaban J connectivity index is 1.83. The molecule has 2 rings (SSSR count). The number of halogens is 1. The first-order valence-electron chi connectivity index (χ1n) is 5.68. The summed E-state index contributed by atoms with van der Waals surface area (Å²) in [6.45, 7) is 0.161. The number of H-pyrrole nitrogens is 1. The van der Waals surface area contributed by atoms with E-state index in [1.54, 1.807) is 30.3 Å². The average molecular weight is 265 g/mol. The predicted molar refractivity (Wildman–Crippen MR) is 64.1 cm³/mol. The highest BCUT2D eigenvalue weighted by Crippen LogP contribution is 2.16. The van der Waals surface area contributed by atoms with Crippen molar-refractivity contribution in [3.05, 3.63) is 52.3 Å². The molecule has 0 aliphatic rings. The van der Waals surface area contributed by atoms with Crippen molar-refractivity contribution in [1.29, 1.82) is 0 Å². The van der Waals surface area contributed by atoms with Gasteiger partial charge < -0.3 is 5.32 Å². The molecule has 2 N–H and O–H groups in total. The molecule has 0 aliphatic heterocycles. The summed E-state index contributed by atoms with van der Waals surface area (Å²) in [5.74, 6) is -1.08. The van der Waals surface area contributed by atoms with Crippen LogP contribution in [0.1, 0.15) is 17.6 Å². The van der Waals surface area contributed by atoms with Crippen molar-refractivity contribution in [1.82, 2.24) is 15.5 Å². The monoisotopic (exact) mass is 265 g/mol. The summed E-state index contributed by atoms with van der Waals surface area (Å²) in [6.07, 6.45) is -1.45. The molecule has 100 valence electrons. The first-order valence-corrected chi connectivity index (χ1v) is 5.68. The summed E-state index contributed by atoms with van der Waals surface area (Å²) >= 11 is 0. The minimum Gasteiger partial charge on any atom is -0.353 e. The molecule has 2 aromatic rings. The van der Waals surface area contributed by atoms with Gasteiger partial charge in [-0.15, -0.1) is 0 Å². The highest BCUT2D eigenvalue weighted by atomic mass is 19.1. The Hall–Kier alpha value is -2.44. The standard InChI is InChI=1S/C12H12FN3O3/c13-10(8-4-2-1-3-5-8)11(17)14-7-6-9-15-12(18)19-16-9/h1-5,10H,6-7H2,(H,14,17)(H,15,16,18). The van der Waals surface area contributed by atoms with Crippen molar-refractivity contribution in [3.63, 3.8) is 0 Å². The van der Waals surface area contributed by atoms with E-state index in [9.17, 15) is 14.0 Å². The Morgan fingerprint density at radius 2 is 2.16 bits per heavy atom. The number of hydrogen-bond donors (Lipinski definition) is 2. The molecule has 19 heavy (non-hydrogen) atoms. The van der Waals surface area contributed by atoms with Gasteiger partial charge in [0.25, 0.3) is 5.91 Å². The Kier molecular flexibility index (Phi) is 4.07. The van der Waals surface area contributed by atoms with E-state index in [2.05, 4.69) is 20.0 Å². The largest absolute Gasteiger partial charge is 0.438 e. The van der Waals surface area contributed by atoms with E-state index in [0.717, 1.165) is 0 Å². The number of nitrogens with one attached hydrogen (secondary N) is 2. The number of benzene rings is 1. The molecule has 1 aromatic carbocycles. The fraction of sp³-hybridized carbons (Fsp3) is 0.250. The number of alkyl halides is 1. The lowest BCUT2D eigenvalue weighted by molar-refractivity contribution is -0.126. The highest BCUT2D eigenvalue weighted by molar-refractivity contribution is 5.81. The van der Waals surface area contributed by atoms with Gasteiger partial charge in [-0.3, -0.25) is 14.3 Å². The molecule has 0 aliphatic carbocycles. The van der Waals surface area contributed by atoms with Crippen LogP contribution in [0.3, 0.4) is 0 Å². The molecule has 1 unspecified atom stereocenters. The van der Waals surface area contributed by atoms with Crippen molar-refractivity contribution in [2.24, 2.45) is 0 Å². The number of amides is 1. The van der Waals surface area contributed by atoms with Gasteiger partial charge in [0.2, 0.25) is 6.17 Å². The number of aromatic nitrogens is 2. The second kappa shape index (κ2) is 5.94. The number of carbonyl (C=O) groups is 1. The molecule has 0 saturated heterocycles. The van der Waals surface area contributed by atoms with Crippen LogP contribution in [0.2, 0.25) is 0 Å². The van der Waals surface area contributed by atoms with Gasteiger partial charge in [-0.25, -0.2) is 9.18 Å². The molecule has 0 radical (unpaired) electrons. The molecule has 0 fully saturated rings. The van der Waals surface area contributed by atoms with Gasteiger partial charge in [0, 0.05) is 13.0 Å². The predicted octanol–water partition coefficient (Wildman–Crippen LogP) is 0.732. The van der Waals surface area contributed by atoms with Crippen LogP contribution in [0, 0.1) is 0 Å². The summed E-state index contributed by atoms with van der Waals surface area (Å²) in [4.78, 5) is 24.5. The van der Waals surface area contributed by atoms with Crippen molar-refractivity contribution in [2.45, 2.75) is 12.6 Å². The maximum Gasteiger partial charge on any atom is 0.438 e. The molecular formula is C12H12FN3O3. The molecule has 7 heteroatoms. The van der Waals surface area contributed by atoms with Crippen molar-refractivity contribution < 1.29 is 13.7 Å². The summed E-state index contributed by atoms with van der Waals surface area (Å²) in [7, 11) is 0. The lowest BCUT2D eigenvalue weighted by Gasteiger charge is -2.08. The number of carbonyl (C=O) groups excluding carboxylic acids is 1. The Morgan fingerprint density at radius 3 is 2.79 bits per heavy atom. The van der Waals surface area contributed by atoms with Gasteiger partial charge in [-0.1, -0.05) is 35.5 Å². The van der Waals surface area contributed by atoms with Crippen LogP contribution in [-0.4, -0.2) is 22.6 Å². The van der Waals surface area contributed by atoms with Gasteiger partial charge in [0.1, 0.15) is 0 Å². The SMILES string of the molecule is O=C(NCCc1noc(=O)[nH]1)C(F)c1ccccc1. The van der Waals surface area contributed by atoms with Gasteiger partial charge in [-0.2, -0.15) is 0 Å². The molecule has 6 nitrogen and oxygen atoms in total. The first-order chi connectivity index (χ1) is 9.16. The second-order valence-electron chi connectivity index (χ2n) is 3.86. The smallest absolute Gasteiger partial charge is 0.353 e. The zero-order valence-corrected chi connectivity index (χ0v) is 9.93. The zero-order valence-electron chi connectivity index (χ0n) is 9.93. The Bertz CT molecular complexity index is 594. The van der Waals surface area contributed by atoms with E-state index in [4.69, 9.17) is 0 Å². The van der Waals surface area contributed by atoms with Crippen molar-refractivity contribution >= 4 is 5.91 Å². The minimum absolute atomic E-state index is 0.161. The zero-order chi connectivity index (χ0) is 13.7. The van der Waals surface area contributed by atoms with Gasteiger partial charge >= 0.3 is 5.76 Å². The Labute approximate surface area is 107 Å². The van der Waals surface area contributed by atoms with Crippen LogP contribution in [-0.2, 0) is 11.2 Å². The van der Waals surface area contributed by atoms with E-state index in [-0.39, 0.29) is 13.0 Å². The molecule has 1 heterocycles. The lowest BCUT2D eigenvalue weighted by Crippen LogP contribution is -2.29. The van der Waals surface area contributed by atoms with Crippen LogP contribution in [0.15, 0.2) is 39.6 Å². The normalized spacial score (nSPS) is 12.1. The van der Waals surface area contributed by atoms with Crippen LogP contribution >= 0.6 is 0 Å². The number of nitrogens with zero attached hydrogens (tertiary/aromatic N) is 1. The van der Waals surface area contributed by atoms with E-state index >= 15 is 0 Å². The highest BCUT2D eigenvalue weighted by Gasteiger charge is 2.18. The number of aromatic amines is 1. The van der Waals surface area contributed by atoms with Gasteiger partial charge in [0.15, 0.2) is 5.82 Å². The topological polar surface area (TPSA) is 88.0 Å². The molecule has 1 atom stereocenters. The summed E-state index contributed by atoms with van der Waals surface area (Å²) < 4.78 is 18.0. The lowest BCUT2D eigenvalue weighted by atomic mass is 10.1. The minimum atomic E-state index is -1.71. The van der Waals surface area contributed by atoms with E-state index < -0.39 is 17.8 Å². The van der Waals surface area contributed by atoms with Crippen molar-refractivity contribution in [3.8, 4) is 0 Å². The van der Waals surface area contributed by atoms with E-state index in [0.29, 0.717) is 11.4 Å². The van der Waals surface area contributed by atoms with Crippen LogP contribution < -0.4 is 11.1 Å². The second-order valence-corrected chi connectivity index (χ2v) is 3.86. The summed E-state index contributed by atoms with van der Waals surface area (Å²) in [5.41, 5.74) is 0.301. The molecule has 0 saturated carbocycles. The van der Waals surface area contributed by atoms with Gasteiger partial charge in [-0.05, 0) is 5.56 Å². The molecule has 1 amide bonds. The quantitative estimate of drug-likeness (QED) is 0.834. The maximum atomic E-state index is 13.8. The third kappa shape index (κ3) is 3.51. The van der Waals surface area contributed by atoms with E-state index in [1.165, 1.54) is 0 Å². The first kappa shape index (κ1) is 13.0. The Morgan fingerprint density at radius 1 is 1.42 bits per heavy atom.